The van der Waals surface area contributed by atoms with Crippen LogP contribution < -0.4 is 10.6 Å². The van der Waals surface area contributed by atoms with Crippen molar-refractivity contribution in [1.82, 2.24) is 14.7 Å². The first-order valence-corrected chi connectivity index (χ1v) is 7.41. The van der Waals surface area contributed by atoms with E-state index in [1.54, 1.807) is 0 Å². The van der Waals surface area contributed by atoms with Gasteiger partial charge in [-0.15, -0.1) is 0 Å². The minimum absolute atomic E-state index is 0.0262. The minimum Gasteiger partial charge on any atom is -0.355 e. The van der Waals surface area contributed by atoms with Crippen molar-refractivity contribution in [3.05, 3.63) is 41.7 Å². The molecular weight excluding hydrogens is 272 g/mol. The summed E-state index contributed by atoms with van der Waals surface area (Å²) in [6.07, 6.45) is 1.34. The van der Waals surface area contributed by atoms with Crippen LogP contribution in [0.4, 0.5) is 5.13 Å². The molecule has 0 saturated carbocycles. The average molecular weight is 288 g/mol. The van der Waals surface area contributed by atoms with Crippen LogP contribution in [0, 0.1) is 6.92 Å². The number of rotatable bonds is 3. The van der Waals surface area contributed by atoms with Gasteiger partial charge >= 0.3 is 0 Å². The van der Waals surface area contributed by atoms with Crippen LogP contribution in [0.25, 0.3) is 0 Å². The number of nitrogens with one attached hydrogen (secondary N) is 2. The predicted octanol–water partition coefficient (Wildman–Crippen LogP) is 2.28. The van der Waals surface area contributed by atoms with Gasteiger partial charge in [0, 0.05) is 18.0 Å². The van der Waals surface area contributed by atoms with E-state index in [-0.39, 0.29) is 18.0 Å². The molecule has 0 spiro atoms. The van der Waals surface area contributed by atoms with Crippen molar-refractivity contribution < 1.29 is 4.79 Å². The predicted molar refractivity (Wildman–Crippen MR) is 78.6 cm³/mol. The highest BCUT2D eigenvalue weighted by Crippen LogP contribution is 2.27. The highest BCUT2D eigenvalue weighted by Gasteiger charge is 2.30. The number of benzene rings is 1. The SMILES string of the molecule is Cc1nsc(N[C@@H]2CCC(=O)N[C@H]2c2ccccc2)n1. The first-order chi connectivity index (χ1) is 9.72. The number of anilines is 1. The number of nitrogens with zero attached hydrogens (tertiary/aromatic N) is 2. The van der Waals surface area contributed by atoms with Gasteiger partial charge in [-0.25, -0.2) is 4.98 Å². The van der Waals surface area contributed by atoms with E-state index in [1.807, 2.05) is 37.3 Å². The number of aryl methyl sites for hydroxylation is 1. The number of carbonyl (C=O) groups is 1. The summed E-state index contributed by atoms with van der Waals surface area (Å²) in [4.78, 5) is 16.0. The van der Waals surface area contributed by atoms with Crippen molar-refractivity contribution in [3.8, 4) is 0 Å². The molecule has 1 aromatic heterocycles. The molecule has 1 saturated heterocycles. The molecule has 20 heavy (non-hydrogen) atoms. The Morgan fingerprint density at radius 1 is 1.35 bits per heavy atom. The van der Waals surface area contributed by atoms with Crippen LogP contribution in [0.15, 0.2) is 30.3 Å². The molecule has 0 radical (unpaired) electrons. The monoisotopic (exact) mass is 288 g/mol. The molecule has 1 amide bonds. The molecule has 1 aliphatic rings. The number of piperidine rings is 1. The number of hydrogen-bond donors (Lipinski definition) is 2. The fraction of sp³-hybridized carbons (Fsp3) is 0.357. The first kappa shape index (κ1) is 13.1. The van der Waals surface area contributed by atoms with Gasteiger partial charge in [0.1, 0.15) is 5.82 Å². The second-order valence-corrected chi connectivity index (χ2v) is 5.64. The highest BCUT2D eigenvalue weighted by molar-refractivity contribution is 7.09. The molecule has 1 fully saturated rings. The molecule has 0 unspecified atom stereocenters. The summed E-state index contributed by atoms with van der Waals surface area (Å²) in [6, 6.07) is 10.1. The summed E-state index contributed by atoms with van der Waals surface area (Å²) in [6.45, 7) is 1.87. The largest absolute Gasteiger partial charge is 0.355 e. The zero-order chi connectivity index (χ0) is 13.9. The standard InChI is InChI=1S/C14H16N4OS/c1-9-15-14(20-18-9)16-11-7-8-12(19)17-13(11)10-5-3-2-4-6-10/h2-6,11,13H,7-8H2,1H3,(H,17,19)(H,15,16,18)/t11-,13+/m1/s1. The number of aromatic nitrogens is 2. The Hall–Kier alpha value is -1.95. The zero-order valence-electron chi connectivity index (χ0n) is 11.2. The molecule has 0 bridgehead atoms. The van der Waals surface area contributed by atoms with Crippen molar-refractivity contribution in [3.63, 3.8) is 0 Å². The topological polar surface area (TPSA) is 66.9 Å². The van der Waals surface area contributed by atoms with E-state index in [0.717, 1.165) is 22.9 Å². The van der Waals surface area contributed by atoms with Gasteiger partial charge in [-0.3, -0.25) is 4.79 Å². The van der Waals surface area contributed by atoms with E-state index in [4.69, 9.17) is 0 Å². The quantitative estimate of drug-likeness (QED) is 0.909. The van der Waals surface area contributed by atoms with Gasteiger partial charge in [0.2, 0.25) is 11.0 Å². The molecule has 2 aromatic rings. The lowest BCUT2D eigenvalue weighted by atomic mass is 9.92. The van der Waals surface area contributed by atoms with Crippen LogP contribution in [0.1, 0.15) is 30.3 Å². The first-order valence-electron chi connectivity index (χ1n) is 6.63. The summed E-state index contributed by atoms with van der Waals surface area (Å²) in [5, 5.41) is 7.28. The second-order valence-electron chi connectivity index (χ2n) is 4.89. The summed E-state index contributed by atoms with van der Waals surface area (Å²) < 4.78 is 4.18. The lowest BCUT2D eigenvalue weighted by molar-refractivity contribution is -0.123. The van der Waals surface area contributed by atoms with Gasteiger partial charge < -0.3 is 10.6 Å². The molecule has 2 N–H and O–H groups in total. The molecule has 5 nitrogen and oxygen atoms in total. The van der Waals surface area contributed by atoms with E-state index in [0.29, 0.717) is 6.42 Å². The molecule has 0 aliphatic carbocycles. The van der Waals surface area contributed by atoms with Gasteiger partial charge in [-0.1, -0.05) is 30.3 Å². The van der Waals surface area contributed by atoms with Gasteiger partial charge in [-0.2, -0.15) is 4.37 Å². The molecule has 2 atom stereocenters. The summed E-state index contributed by atoms with van der Waals surface area (Å²) in [5.74, 6) is 0.874. The van der Waals surface area contributed by atoms with Crippen molar-refractivity contribution >= 4 is 22.6 Å². The van der Waals surface area contributed by atoms with E-state index >= 15 is 0 Å². The molecule has 6 heteroatoms. The fourth-order valence-corrected chi connectivity index (χ4v) is 3.08. The number of carbonyl (C=O) groups excluding carboxylic acids is 1. The van der Waals surface area contributed by atoms with Crippen molar-refractivity contribution in [2.75, 3.05) is 5.32 Å². The molecule has 1 aliphatic heterocycles. The van der Waals surface area contributed by atoms with Gasteiger partial charge in [-0.05, 0) is 18.9 Å². The third kappa shape index (κ3) is 2.80. The smallest absolute Gasteiger partial charge is 0.220 e. The third-order valence-electron chi connectivity index (χ3n) is 3.40. The Labute approximate surface area is 121 Å². The molecule has 104 valence electrons. The van der Waals surface area contributed by atoms with E-state index in [2.05, 4.69) is 20.0 Å². The van der Waals surface area contributed by atoms with E-state index in [1.165, 1.54) is 11.5 Å². The van der Waals surface area contributed by atoms with Gasteiger partial charge in [0.25, 0.3) is 0 Å². The summed E-state index contributed by atoms with van der Waals surface area (Å²) in [5.41, 5.74) is 1.11. The average Bonchev–Trinajstić information content (AvgIpc) is 2.87. The Kier molecular flexibility index (Phi) is 3.64. The lowest BCUT2D eigenvalue weighted by Gasteiger charge is -2.33. The number of hydrogen-bond acceptors (Lipinski definition) is 5. The Balaban J connectivity index is 1.81. The third-order valence-corrected chi connectivity index (χ3v) is 4.13. The second kappa shape index (κ2) is 5.58. The number of amides is 1. The van der Waals surface area contributed by atoms with Crippen LogP contribution in [-0.4, -0.2) is 21.3 Å². The Morgan fingerprint density at radius 3 is 2.85 bits per heavy atom. The zero-order valence-corrected chi connectivity index (χ0v) is 12.0. The van der Waals surface area contributed by atoms with Crippen molar-refractivity contribution in [2.45, 2.75) is 31.8 Å². The summed E-state index contributed by atoms with van der Waals surface area (Å²) >= 11 is 1.36. The molecular formula is C14H16N4OS. The minimum atomic E-state index is -0.0262. The van der Waals surface area contributed by atoms with Crippen LogP contribution in [-0.2, 0) is 4.79 Å². The van der Waals surface area contributed by atoms with Crippen LogP contribution >= 0.6 is 11.5 Å². The Morgan fingerprint density at radius 2 is 2.15 bits per heavy atom. The molecule has 3 rings (SSSR count). The van der Waals surface area contributed by atoms with Gasteiger partial charge in [0.05, 0.1) is 12.1 Å². The van der Waals surface area contributed by atoms with Crippen molar-refractivity contribution in [1.29, 1.82) is 0 Å². The fourth-order valence-electron chi connectivity index (χ4n) is 2.45. The highest BCUT2D eigenvalue weighted by atomic mass is 32.1. The maximum absolute atomic E-state index is 11.7. The van der Waals surface area contributed by atoms with E-state index < -0.39 is 0 Å². The lowest BCUT2D eigenvalue weighted by Crippen LogP contribution is -2.45. The molecule has 1 aromatic carbocycles. The van der Waals surface area contributed by atoms with E-state index in [9.17, 15) is 4.79 Å². The Bertz CT molecular complexity index is 598. The maximum atomic E-state index is 11.7. The van der Waals surface area contributed by atoms with Crippen LogP contribution in [0.3, 0.4) is 0 Å². The summed E-state index contributed by atoms with van der Waals surface area (Å²) in [7, 11) is 0. The van der Waals surface area contributed by atoms with Crippen molar-refractivity contribution in [2.24, 2.45) is 0 Å². The van der Waals surface area contributed by atoms with Crippen LogP contribution in [0.5, 0.6) is 0 Å². The van der Waals surface area contributed by atoms with Gasteiger partial charge in [0.15, 0.2) is 0 Å². The van der Waals surface area contributed by atoms with Crippen LogP contribution in [0.2, 0.25) is 0 Å². The normalized spacial score (nSPS) is 22.4. The maximum Gasteiger partial charge on any atom is 0.220 e. The molecule has 2 heterocycles.